The minimum atomic E-state index is -0.150. The van der Waals surface area contributed by atoms with Crippen molar-refractivity contribution in [1.29, 1.82) is 0 Å². The Bertz CT molecular complexity index is 1290. The van der Waals surface area contributed by atoms with Crippen LogP contribution in [-0.4, -0.2) is 14.8 Å². The topological polar surface area (TPSA) is 34.0 Å². The summed E-state index contributed by atoms with van der Waals surface area (Å²) in [5.41, 5.74) is 6.30. The zero-order chi connectivity index (χ0) is 21.2. The van der Waals surface area contributed by atoms with Crippen molar-refractivity contribution in [3.05, 3.63) is 108 Å². The van der Waals surface area contributed by atoms with Crippen molar-refractivity contribution in [2.45, 2.75) is 0 Å². The van der Waals surface area contributed by atoms with E-state index in [1.54, 1.807) is 0 Å². The highest BCUT2D eigenvalue weighted by Gasteiger charge is 2.24. The van der Waals surface area contributed by atoms with Gasteiger partial charge < -0.3 is 9.88 Å². The van der Waals surface area contributed by atoms with Crippen LogP contribution in [0.15, 0.2) is 102 Å². The van der Waals surface area contributed by atoms with Crippen LogP contribution in [0, 0.1) is 0 Å². The van der Waals surface area contributed by atoms with Crippen molar-refractivity contribution in [3.63, 3.8) is 0 Å². The molecule has 0 spiro atoms. The highest BCUT2D eigenvalue weighted by molar-refractivity contribution is 8.26. The van der Waals surface area contributed by atoms with Crippen LogP contribution >= 0.6 is 24.0 Å². The van der Waals surface area contributed by atoms with Gasteiger partial charge in [-0.05, 0) is 35.4 Å². The number of para-hydroxylation sites is 1. The molecule has 2 heterocycles. The number of hydrogen-bond donors (Lipinski definition) is 1. The fourth-order valence-corrected chi connectivity index (χ4v) is 4.80. The van der Waals surface area contributed by atoms with Gasteiger partial charge in [-0.25, -0.2) is 0 Å². The maximum absolute atomic E-state index is 12.4. The lowest BCUT2D eigenvalue weighted by Gasteiger charge is -2.15. The molecule has 31 heavy (non-hydrogen) atoms. The minimum absolute atomic E-state index is 0.150. The minimum Gasteiger partial charge on any atom is -0.309 e. The van der Waals surface area contributed by atoms with Gasteiger partial charge in [-0.3, -0.25) is 4.79 Å². The van der Waals surface area contributed by atoms with Crippen molar-refractivity contribution in [2.75, 3.05) is 0 Å². The van der Waals surface area contributed by atoms with Crippen LogP contribution in [0.4, 0.5) is 0 Å². The summed E-state index contributed by atoms with van der Waals surface area (Å²) in [6.07, 6.45) is 1.94. The number of benzene rings is 3. The second-order valence-corrected chi connectivity index (χ2v) is 8.81. The molecule has 1 fully saturated rings. The summed E-state index contributed by atoms with van der Waals surface area (Å²) in [5, 5.41) is 2.71. The van der Waals surface area contributed by atoms with Gasteiger partial charge in [-0.15, -0.1) is 0 Å². The van der Waals surface area contributed by atoms with Gasteiger partial charge in [0.05, 0.1) is 16.3 Å². The third-order valence-corrected chi connectivity index (χ3v) is 6.25. The van der Waals surface area contributed by atoms with Crippen LogP contribution in [0.3, 0.4) is 0 Å². The van der Waals surface area contributed by atoms with Crippen molar-refractivity contribution in [1.82, 2.24) is 9.88 Å². The number of amides is 1. The first kappa shape index (κ1) is 19.5. The van der Waals surface area contributed by atoms with E-state index in [0.717, 1.165) is 33.8 Å². The quantitative estimate of drug-likeness (QED) is 0.300. The van der Waals surface area contributed by atoms with Crippen LogP contribution < -0.4 is 5.32 Å². The van der Waals surface area contributed by atoms with E-state index in [9.17, 15) is 4.79 Å². The van der Waals surface area contributed by atoms with Crippen molar-refractivity contribution >= 4 is 40.3 Å². The summed E-state index contributed by atoms with van der Waals surface area (Å²) >= 11 is 6.49. The summed E-state index contributed by atoms with van der Waals surface area (Å²) in [6.45, 7) is 0. The van der Waals surface area contributed by atoms with Crippen LogP contribution in [0.2, 0.25) is 0 Å². The van der Waals surface area contributed by atoms with Gasteiger partial charge in [0.25, 0.3) is 5.91 Å². The molecule has 1 amide bonds. The monoisotopic (exact) mass is 438 g/mol. The zero-order valence-electron chi connectivity index (χ0n) is 16.5. The Morgan fingerprint density at radius 1 is 0.806 bits per heavy atom. The molecule has 0 unspecified atom stereocenters. The zero-order valence-corrected chi connectivity index (χ0v) is 18.1. The number of carbonyl (C=O) groups excluding carboxylic acids is 1. The number of hydrogen-bond acceptors (Lipinski definition) is 3. The maximum atomic E-state index is 12.4. The Hall–Kier alpha value is -3.41. The molecule has 1 aromatic heterocycles. The molecule has 3 aromatic carbocycles. The van der Waals surface area contributed by atoms with Crippen LogP contribution in [-0.2, 0) is 4.79 Å². The number of nitrogens with zero attached hydrogens (tertiary/aromatic N) is 1. The van der Waals surface area contributed by atoms with Gasteiger partial charge in [0, 0.05) is 11.3 Å². The van der Waals surface area contributed by atoms with Gasteiger partial charge in [0.1, 0.15) is 4.32 Å². The average Bonchev–Trinajstić information content (AvgIpc) is 3.35. The maximum Gasteiger partial charge on any atom is 0.263 e. The molecule has 0 saturated carbocycles. The van der Waals surface area contributed by atoms with Crippen molar-refractivity contribution in [2.24, 2.45) is 0 Å². The van der Waals surface area contributed by atoms with Crippen molar-refractivity contribution < 1.29 is 4.79 Å². The summed E-state index contributed by atoms with van der Waals surface area (Å²) in [5.74, 6) is -0.150. The molecule has 5 rings (SSSR count). The number of thioether (sulfide) groups is 1. The molecule has 1 N–H and O–H groups in total. The summed E-state index contributed by atoms with van der Waals surface area (Å²) in [7, 11) is 0. The third-order valence-electron chi connectivity index (χ3n) is 5.09. The third kappa shape index (κ3) is 3.85. The molecule has 1 aliphatic heterocycles. The Morgan fingerprint density at radius 2 is 1.39 bits per heavy atom. The smallest absolute Gasteiger partial charge is 0.263 e. The van der Waals surface area contributed by atoms with E-state index in [1.807, 2.05) is 60.7 Å². The molecule has 5 heteroatoms. The summed E-state index contributed by atoms with van der Waals surface area (Å²) < 4.78 is 2.75. The van der Waals surface area contributed by atoms with Crippen LogP contribution in [0.25, 0.3) is 34.3 Å². The number of aromatic nitrogens is 1. The number of thiocarbonyl (C=S) groups is 1. The highest BCUT2D eigenvalue weighted by atomic mass is 32.2. The lowest BCUT2D eigenvalue weighted by atomic mass is 10.1. The molecular weight excluding hydrogens is 420 g/mol. The first-order valence-electron chi connectivity index (χ1n) is 9.87. The van der Waals surface area contributed by atoms with Crippen LogP contribution in [0.1, 0.15) is 5.56 Å². The molecule has 3 nitrogen and oxygen atoms in total. The molecule has 0 aliphatic carbocycles. The first-order chi connectivity index (χ1) is 15.2. The van der Waals surface area contributed by atoms with Gasteiger partial charge in [-0.1, -0.05) is 103 Å². The van der Waals surface area contributed by atoms with E-state index in [2.05, 4.69) is 52.3 Å². The number of carbonyl (C=O) groups is 1. The van der Waals surface area contributed by atoms with E-state index in [-0.39, 0.29) is 5.91 Å². The molecule has 1 aliphatic rings. The Morgan fingerprint density at radius 3 is 1.97 bits per heavy atom. The first-order valence-corrected chi connectivity index (χ1v) is 11.1. The lowest BCUT2D eigenvalue weighted by Crippen LogP contribution is -2.17. The predicted octanol–water partition coefficient (Wildman–Crippen LogP) is 6.30. The second-order valence-electron chi connectivity index (χ2n) is 7.09. The fourth-order valence-electron chi connectivity index (χ4n) is 3.76. The normalized spacial score (nSPS) is 14.8. The summed E-state index contributed by atoms with van der Waals surface area (Å²) in [6, 6.07) is 33.0. The van der Waals surface area contributed by atoms with E-state index in [1.165, 1.54) is 11.8 Å². The van der Waals surface area contributed by atoms with E-state index in [0.29, 0.717) is 9.23 Å². The second kappa shape index (κ2) is 8.38. The lowest BCUT2D eigenvalue weighted by molar-refractivity contribution is -0.115. The number of nitrogens with one attached hydrogen (secondary N) is 1. The van der Waals surface area contributed by atoms with Gasteiger partial charge in [0.15, 0.2) is 0 Å². The van der Waals surface area contributed by atoms with Gasteiger partial charge in [0.2, 0.25) is 0 Å². The average molecular weight is 439 g/mol. The van der Waals surface area contributed by atoms with Gasteiger partial charge >= 0.3 is 0 Å². The molecule has 150 valence electrons. The van der Waals surface area contributed by atoms with E-state index >= 15 is 0 Å². The Kier molecular flexibility index (Phi) is 5.28. The van der Waals surface area contributed by atoms with E-state index < -0.39 is 0 Å². The summed E-state index contributed by atoms with van der Waals surface area (Å²) in [4.78, 5) is 13.0. The molecular formula is C26H18N2OS2. The standard InChI is InChI=1S/C26H18N2OS2/c29-25-23(31-26(30)27-25)17-20-16-22(18-10-4-1-5-11-18)28(21-14-8-3-9-15-21)24(20)19-12-6-2-7-13-19/h1-17H,(H,27,29,30)/b23-17-. The molecule has 0 radical (unpaired) electrons. The SMILES string of the molecule is O=C1NC(=S)S/C1=C\c1cc(-c2ccccc2)n(-c2ccccc2)c1-c1ccccc1. The Labute approximate surface area is 190 Å². The number of rotatable bonds is 4. The molecule has 1 saturated heterocycles. The Balaban J connectivity index is 1.83. The van der Waals surface area contributed by atoms with Gasteiger partial charge in [-0.2, -0.15) is 0 Å². The van der Waals surface area contributed by atoms with Crippen molar-refractivity contribution in [3.8, 4) is 28.2 Å². The molecule has 0 bridgehead atoms. The van der Waals surface area contributed by atoms with Crippen LogP contribution in [0.5, 0.6) is 0 Å². The van der Waals surface area contributed by atoms with E-state index in [4.69, 9.17) is 12.2 Å². The molecule has 4 aromatic rings. The highest BCUT2D eigenvalue weighted by Crippen LogP contribution is 2.38. The fraction of sp³-hybridized carbons (Fsp3) is 0. The predicted molar refractivity (Wildman–Crippen MR) is 133 cm³/mol. The largest absolute Gasteiger partial charge is 0.309 e. The molecule has 0 atom stereocenters.